The van der Waals surface area contributed by atoms with E-state index in [1.807, 2.05) is 49.5 Å². The van der Waals surface area contributed by atoms with Gasteiger partial charge in [-0.15, -0.1) is 0 Å². The van der Waals surface area contributed by atoms with Gasteiger partial charge in [0.1, 0.15) is 18.0 Å². The summed E-state index contributed by atoms with van der Waals surface area (Å²) in [6, 6.07) is 10.5. The van der Waals surface area contributed by atoms with Gasteiger partial charge < -0.3 is 14.7 Å². The molecule has 1 saturated heterocycles. The first-order valence-corrected chi connectivity index (χ1v) is 9.31. The van der Waals surface area contributed by atoms with Crippen LogP contribution in [0, 0.1) is 0 Å². The van der Waals surface area contributed by atoms with Crippen LogP contribution in [0.2, 0.25) is 0 Å². The largest absolute Gasteiger partial charge is 0.363 e. The molecule has 1 aromatic carbocycles. The van der Waals surface area contributed by atoms with E-state index in [2.05, 4.69) is 37.9 Å². The third kappa shape index (κ3) is 3.49. The van der Waals surface area contributed by atoms with Crippen LogP contribution in [0.25, 0.3) is 10.9 Å². The number of fused-ring (bicyclic) bond motifs is 1. The molecule has 0 aliphatic carbocycles. The number of piperidine rings is 1. The number of benzene rings is 1. The van der Waals surface area contributed by atoms with E-state index >= 15 is 0 Å². The van der Waals surface area contributed by atoms with E-state index in [4.69, 9.17) is 4.98 Å². The summed E-state index contributed by atoms with van der Waals surface area (Å²) in [4.78, 5) is 24.7. The maximum absolute atomic E-state index is 4.69. The van der Waals surface area contributed by atoms with Crippen LogP contribution in [0.4, 0.5) is 17.6 Å². The van der Waals surface area contributed by atoms with Gasteiger partial charge in [0.05, 0.1) is 5.52 Å². The van der Waals surface area contributed by atoms with E-state index in [0.29, 0.717) is 6.04 Å². The molecule has 140 valence electrons. The van der Waals surface area contributed by atoms with Crippen LogP contribution in [0.5, 0.6) is 0 Å². The van der Waals surface area contributed by atoms with Crippen LogP contribution < -0.4 is 14.7 Å². The Morgan fingerprint density at radius 2 is 1.89 bits per heavy atom. The van der Waals surface area contributed by atoms with Crippen LogP contribution in [0.15, 0.2) is 42.9 Å². The molecule has 0 bridgehead atoms. The van der Waals surface area contributed by atoms with Gasteiger partial charge in [-0.3, -0.25) is 0 Å². The van der Waals surface area contributed by atoms with Crippen molar-refractivity contribution in [3.8, 4) is 0 Å². The Balaban J connectivity index is 1.58. The lowest BCUT2D eigenvalue weighted by Crippen LogP contribution is -2.47. The molecule has 3 aromatic rings. The van der Waals surface area contributed by atoms with Crippen LogP contribution in [-0.2, 0) is 0 Å². The van der Waals surface area contributed by atoms with Gasteiger partial charge >= 0.3 is 0 Å². The molecule has 1 aliphatic heterocycles. The van der Waals surface area contributed by atoms with Crippen LogP contribution in [-0.4, -0.2) is 60.2 Å². The van der Waals surface area contributed by atoms with Crippen molar-refractivity contribution in [2.24, 2.45) is 0 Å². The standard InChI is InChI=1S/C20H25N7/c1-25(2)18-10-11-21-20(24-18)26(3)15-7-6-12-27(13-15)19-16-8-4-5-9-17(16)22-14-23-19/h4-5,8-11,14-15H,6-7,12-13H2,1-3H3. The van der Waals surface area contributed by atoms with Crippen molar-refractivity contribution in [3.05, 3.63) is 42.9 Å². The second-order valence-corrected chi connectivity index (χ2v) is 7.18. The van der Waals surface area contributed by atoms with Gasteiger partial charge in [-0.2, -0.15) is 4.98 Å². The minimum atomic E-state index is 0.338. The predicted octanol–water partition coefficient (Wildman–Crippen LogP) is 2.59. The molecule has 0 N–H and O–H groups in total. The number of hydrogen-bond acceptors (Lipinski definition) is 7. The molecule has 0 radical (unpaired) electrons. The zero-order valence-electron chi connectivity index (χ0n) is 16.1. The third-order valence-electron chi connectivity index (χ3n) is 5.17. The van der Waals surface area contributed by atoms with Crippen LogP contribution in [0.1, 0.15) is 12.8 Å². The lowest BCUT2D eigenvalue weighted by molar-refractivity contribution is 0.481. The van der Waals surface area contributed by atoms with Gasteiger partial charge in [-0.25, -0.2) is 15.0 Å². The molecule has 0 saturated carbocycles. The number of rotatable bonds is 4. The van der Waals surface area contributed by atoms with Gasteiger partial charge in [0.25, 0.3) is 0 Å². The maximum atomic E-state index is 4.69. The number of aromatic nitrogens is 4. The summed E-state index contributed by atoms with van der Waals surface area (Å²) in [6.07, 6.45) is 5.72. The number of anilines is 3. The molecule has 1 unspecified atom stereocenters. The van der Waals surface area contributed by atoms with Crippen molar-refractivity contribution in [2.45, 2.75) is 18.9 Å². The maximum Gasteiger partial charge on any atom is 0.227 e. The minimum Gasteiger partial charge on any atom is -0.363 e. The molecule has 0 spiro atoms. The SMILES string of the molecule is CN(C)c1ccnc(N(C)C2CCCN(c3ncnc4ccccc34)C2)n1. The summed E-state index contributed by atoms with van der Waals surface area (Å²) >= 11 is 0. The highest BCUT2D eigenvalue weighted by molar-refractivity contribution is 5.89. The first kappa shape index (κ1) is 17.5. The highest BCUT2D eigenvalue weighted by Crippen LogP contribution is 2.27. The Morgan fingerprint density at radius 1 is 1.04 bits per heavy atom. The molecule has 7 heteroatoms. The van der Waals surface area contributed by atoms with Crippen molar-refractivity contribution >= 4 is 28.5 Å². The summed E-state index contributed by atoms with van der Waals surface area (Å²) < 4.78 is 0. The smallest absolute Gasteiger partial charge is 0.227 e. The third-order valence-corrected chi connectivity index (χ3v) is 5.17. The molecule has 4 rings (SSSR count). The Morgan fingerprint density at radius 3 is 2.74 bits per heavy atom. The molecular weight excluding hydrogens is 338 g/mol. The number of hydrogen-bond donors (Lipinski definition) is 0. The first-order chi connectivity index (χ1) is 13.1. The van der Waals surface area contributed by atoms with E-state index in [1.165, 1.54) is 0 Å². The fraction of sp³-hybridized carbons (Fsp3) is 0.400. The quantitative estimate of drug-likeness (QED) is 0.706. The van der Waals surface area contributed by atoms with Gasteiger partial charge in [0.2, 0.25) is 5.95 Å². The topological polar surface area (TPSA) is 61.3 Å². The minimum absolute atomic E-state index is 0.338. The Hall–Kier alpha value is -2.96. The molecule has 1 fully saturated rings. The van der Waals surface area contributed by atoms with Crippen molar-refractivity contribution in [3.63, 3.8) is 0 Å². The summed E-state index contributed by atoms with van der Waals surface area (Å²) in [5.74, 6) is 2.70. The van der Waals surface area contributed by atoms with Gasteiger partial charge in [0.15, 0.2) is 0 Å². The van der Waals surface area contributed by atoms with E-state index < -0.39 is 0 Å². The Labute approximate surface area is 159 Å². The summed E-state index contributed by atoms with van der Waals surface area (Å²) in [5, 5.41) is 1.11. The van der Waals surface area contributed by atoms with Crippen molar-refractivity contribution in [1.29, 1.82) is 0 Å². The monoisotopic (exact) mass is 363 g/mol. The molecule has 3 heterocycles. The molecule has 27 heavy (non-hydrogen) atoms. The van der Waals surface area contributed by atoms with Crippen molar-refractivity contribution < 1.29 is 0 Å². The normalized spacial score (nSPS) is 17.1. The summed E-state index contributed by atoms with van der Waals surface area (Å²) in [6.45, 7) is 1.90. The second kappa shape index (κ2) is 7.34. The molecule has 2 aromatic heterocycles. The Bertz CT molecular complexity index is 922. The first-order valence-electron chi connectivity index (χ1n) is 9.31. The Kier molecular flexibility index (Phi) is 4.75. The highest BCUT2D eigenvalue weighted by Gasteiger charge is 2.26. The number of nitrogens with zero attached hydrogens (tertiary/aromatic N) is 7. The molecule has 1 atom stereocenters. The fourth-order valence-corrected chi connectivity index (χ4v) is 3.63. The average molecular weight is 363 g/mol. The summed E-state index contributed by atoms with van der Waals surface area (Å²) in [5.41, 5.74) is 0.986. The highest BCUT2D eigenvalue weighted by atomic mass is 15.3. The summed E-state index contributed by atoms with van der Waals surface area (Å²) in [7, 11) is 6.07. The van der Waals surface area contributed by atoms with E-state index in [-0.39, 0.29) is 0 Å². The fourth-order valence-electron chi connectivity index (χ4n) is 3.63. The van der Waals surface area contributed by atoms with E-state index in [1.54, 1.807) is 6.33 Å². The van der Waals surface area contributed by atoms with Crippen molar-refractivity contribution in [1.82, 2.24) is 19.9 Å². The van der Waals surface area contributed by atoms with E-state index in [0.717, 1.165) is 54.4 Å². The number of para-hydroxylation sites is 1. The predicted molar refractivity (Wildman–Crippen MR) is 110 cm³/mol. The molecule has 0 amide bonds. The molecule has 7 nitrogen and oxygen atoms in total. The van der Waals surface area contributed by atoms with Gasteiger partial charge in [0, 0.05) is 51.9 Å². The second-order valence-electron chi connectivity index (χ2n) is 7.18. The molecule has 1 aliphatic rings. The van der Waals surface area contributed by atoms with Crippen LogP contribution in [0.3, 0.4) is 0 Å². The van der Waals surface area contributed by atoms with Crippen LogP contribution >= 0.6 is 0 Å². The van der Waals surface area contributed by atoms with Gasteiger partial charge in [-0.1, -0.05) is 12.1 Å². The number of likely N-dealkylation sites (N-methyl/N-ethyl adjacent to an activating group) is 1. The lowest BCUT2D eigenvalue weighted by atomic mass is 10.0. The average Bonchev–Trinajstić information content (AvgIpc) is 2.73. The van der Waals surface area contributed by atoms with E-state index in [9.17, 15) is 0 Å². The zero-order chi connectivity index (χ0) is 18.8. The molecular formula is C20H25N7. The lowest BCUT2D eigenvalue weighted by Gasteiger charge is -2.38. The zero-order valence-corrected chi connectivity index (χ0v) is 16.1. The van der Waals surface area contributed by atoms with Crippen molar-refractivity contribution in [2.75, 3.05) is 48.9 Å². The van der Waals surface area contributed by atoms with Gasteiger partial charge in [-0.05, 0) is 31.0 Å².